The third-order valence-corrected chi connectivity index (χ3v) is 4.72. The Morgan fingerprint density at radius 3 is 2.35 bits per heavy atom. The van der Waals surface area contributed by atoms with Gasteiger partial charge in [-0.3, -0.25) is 4.90 Å². The van der Waals surface area contributed by atoms with Gasteiger partial charge in [0.05, 0.1) is 6.10 Å². The molecule has 1 saturated heterocycles. The zero-order valence-corrected chi connectivity index (χ0v) is 11.0. The molecule has 1 aliphatic carbocycles. The number of rotatable bonds is 5. The first-order valence-corrected chi connectivity index (χ1v) is 7.33. The molecule has 1 atom stereocenters. The van der Waals surface area contributed by atoms with Gasteiger partial charge in [0.1, 0.15) is 0 Å². The fourth-order valence-electron chi connectivity index (χ4n) is 3.73. The van der Waals surface area contributed by atoms with Gasteiger partial charge in [-0.05, 0) is 51.6 Å². The van der Waals surface area contributed by atoms with Crippen LogP contribution >= 0.6 is 0 Å². The summed E-state index contributed by atoms with van der Waals surface area (Å²) in [6, 6.07) is 0. The largest absolute Gasteiger partial charge is 0.391 e. The molecule has 1 saturated carbocycles. The SMILES string of the molecule is C=CCCC(O)C1(N2CCCCC2)CCCC1. The van der Waals surface area contributed by atoms with E-state index >= 15 is 0 Å². The first-order chi connectivity index (χ1) is 8.29. The predicted octanol–water partition coefficient (Wildman–Crippen LogP) is 3.11. The quantitative estimate of drug-likeness (QED) is 0.743. The Labute approximate surface area is 106 Å². The summed E-state index contributed by atoms with van der Waals surface area (Å²) >= 11 is 0. The first kappa shape index (κ1) is 13.1. The topological polar surface area (TPSA) is 23.5 Å². The fourth-order valence-corrected chi connectivity index (χ4v) is 3.73. The molecule has 0 aromatic carbocycles. The van der Waals surface area contributed by atoms with Crippen LogP contribution in [0, 0.1) is 0 Å². The summed E-state index contributed by atoms with van der Waals surface area (Å²) in [7, 11) is 0. The first-order valence-electron chi connectivity index (χ1n) is 7.33. The number of piperidine rings is 1. The standard InChI is InChI=1S/C15H27NO/c1-2-3-9-14(17)15(10-5-6-11-15)16-12-7-4-8-13-16/h2,14,17H,1,3-13H2. The molecule has 1 N–H and O–H groups in total. The summed E-state index contributed by atoms with van der Waals surface area (Å²) in [5.74, 6) is 0. The van der Waals surface area contributed by atoms with Crippen molar-refractivity contribution in [1.82, 2.24) is 4.90 Å². The number of allylic oxidation sites excluding steroid dienone is 1. The molecule has 1 unspecified atom stereocenters. The fraction of sp³-hybridized carbons (Fsp3) is 0.867. The highest BCUT2D eigenvalue weighted by Gasteiger charge is 2.44. The molecule has 1 heterocycles. The number of hydrogen-bond donors (Lipinski definition) is 1. The van der Waals surface area contributed by atoms with Crippen LogP contribution in [-0.2, 0) is 0 Å². The van der Waals surface area contributed by atoms with Gasteiger partial charge in [0.2, 0.25) is 0 Å². The minimum atomic E-state index is -0.152. The second-order valence-corrected chi connectivity index (χ2v) is 5.74. The van der Waals surface area contributed by atoms with Gasteiger partial charge in [0.15, 0.2) is 0 Å². The second-order valence-electron chi connectivity index (χ2n) is 5.74. The van der Waals surface area contributed by atoms with Crippen molar-refractivity contribution < 1.29 is 5.11 Å². The third kappa shape index (κ3) is 2.74. The maximum Gasteiger partial charge on any atom is 0.0726 e. The lowest BCUT2D eigenvalue weighted by molar-refractivity contribution is -0.0416. The Balaban J connectivity index is 2.04. The van der Waals surface area contributed by atoms with E-state index in [1.54, 1.807) is 0 Å². The lowest BCUT2D eigenvalue weighted by atomic mass is 9.84. The van der Waals surface area contributed by atoms with Crippen molar-refractivity contribution in [3.8, 4) is 0 Å². The molecule has 0 bridgehead atoms. The summed E-state index contributed by atoms with van der Waals surface area (Å²) in [5.41, 5.74) is 0.115. The zero-order chi connectivity index (χ0) is 12.1. The molecule has 1 aliphatic heterocycles. The normalized spacial score (nSPS) is 26.9. The number of nitrogens with zero attached hydrogens (tertiary/aromatic N) is 1. The van der Waals surface area contributed by atoms with Gasteiger partial charge in [0, 0.05) is 5.54 Å². The van der Waals surface area contributed by atoms with Crippen LogP contribution < -0.4 is 0 Å². The molecule has 0 radical (unpaired) electrons. The molecule has 17 heavy (non-hydrogen) atoms. The van der Waals surface area contributed by atoms with Crippen LogP contribution in [0.15, 0.2) is 12.7 Å². The molecule has 98 valence electrons. The van der Waals surface area contributed by atoms with E-state index in [-0.39, 0.29) is 11.6 Å². The Morgan fingerprint density at radius 2 is 1.76 bits per heavy atom. The Kier molecular flexibility index (Phi) is 4.63. The average molecular weight is 237 g/mol. The molecule has 2 nitrogen and oxygen atoms in total. The summed E-state index contributed by atoms with van der Waals surface area (Å²) in [4.78, 5) is 2.61. The maximum absolute atomic E-state index is 10.6. The highest BCUT2D eigenvalue weighted by atomic mass is 16.3. The van der Waals surface area contributed by atoms with Crippen LogP contribution in [0.3, 0.4) is 0 Å². The van der Waals surface area contributed by atoms with Crippen molar-refractivity contribution in [1.29, 1.82) is 0 Å². The maximum atomic E-state index is 10.6. The molecule has 2 fully saturated rings. The molecule has 0 aromatic heterocycles. The van der Waals surface area contributed by atoms with Crippen LogP contribution in [-0.4, -0.2) is 34.7 Å². The van der Waals surface area contributed by atoms with Crippen LogP contribution in [0.4, 0.5) is 0 Å². The number of hydrogen-bond acceptors (Lipinski definition) is 2. The second kappa shape index (κ2) is 6.01. The predicted molar refractivity (Wildman–Crippen MR) is 72.1 cm³/mol. The molecule has 0 spiro atoms. The average Bonchev–Trinajstić information content (AvgIpc) is 2.87. The van der Waals surface area contributed by atoms with E-state index in [1.165, 1.54) is 58.0 Å². The highest BCUT2D eigenvalue weighted by Crippen LogP contribution is 2.40. The Hall–Kier alpha value is -0.340. The highest BCUT2D eigenvalue weighted by molar-refractivity contribution is 5.01. The van der Waals surface area contributed by atoms with E-state index in [0.29, 0.717) is 0 Å². The van der Waals surface area contributed by atoms with E-state index in [0.717, 1.165) is 12.8 Å². The van der Waals surface area contributed by atoms with Gasteiger partial charge in [-0.25, -0.2) is 0 Å². The minimum absolute atomic E-state index is 0.115. The van der Waals surface area contributed by atoms with E-state index in [1.807, 2.05) is 6.08 Å². The third-order valence-electron chi connectivity index (χ3n) is 4.72. The Bertz CT molecular complexity index is 239. The monoisotopic (exact) mass is 237 g/mol. The Morgan fingerprint density at radius 1 is 1.12 bits per heavy atom. The summed E-state index contributed by atoms with van der Waals surface area (Å²) in [6.07, 6.45) is 12.6. The van der Waals surface area contributed by atoms with Gasteiger partial charge >= 0.3 is 0 Å². The van der Waals surface area contributed by atoms with Gasteiger partial charge in [0.25, 0.3) is 0 Å². The zero-order valence-electron chi connectivity index (χ0n) is 11.0. The van der Waals surface area contributed by atoms with Crippen LogP contribution in [0.25, 0.3) is 0 Å². The van der Waals surface area contributed by atoms with Crippen molar-refractivity contribution in [2.24, 2.45) is 0 Å². The van der Waals surface area contributed by atoms with E-state index < -0.39 is 0 Å². The van der Waals surface area contributed by atoms with E-state index in [9.17, 15) is 5.11 Å². The van der Waals surface area contributed by atoms with Crippen molar-refractivity contribution in [3.63, 3.8) is 0 Å². The van der Waals surface area contributed by atoms with Crippen LogP contribution in [0.5, 0.6) is 0 Å². The van der Waals surface area contributed by atoms with Gasteiger partial charge in [-0.1, -0.05) is 25.3 Å². The molecule has 2 aliphatic rings. The van der Waals surface area contributed by atoms with Gasteiger partial charge in [-0.15, -0.1) is 6.58 Å². The number of aliphatic hydroxyl groups is 1. The number of likely N-dealkylation sites (tertiary alicyclic amines) is 1. The van der Waals surface area contributed by atoms with Crippen molar-refractivity contribution in [2.75, 3.05) is 13.1 Å². The number of aliphatic hydroxyl groups excluding tert-OH is 1. The molecule has 0 amide bonds. The molecular formula is C15H27NO. The lowest BCUT2D eigenvalue weighted by Gasteiger charge is -2.46. The molecule has 2 heteroatoms. The summed E-state index contributed by atoms with van der Waals surface area (Å²) in [5, 5.41) is 10.6. The van der Waals surface area contributed by atoms with Crippen molar-refractivity contribution >= 4 is 0 Å². The molecular weight excluding hydrogens is 210 g/mol. The van der Waals surface area contributed by atoms with E-state index in [4.69, 9.17) is 0 Å². The van der Waals surface area contributed by atoms with Crippen LogP contribution in [0.1, 0.15) is 57.8 Å². The summed E-state index contributed by atoms with van der Waals surface area (Å²) in [6.45, 7) is 6.17. The van der Waals surface area contributed by atoms with Gasteiger partial charge < -0.3 is 5.11 Å². The smallest absolute Gasteiger partial charge is 0.0726 e. The molecule has 0 aromatic rings. The molecule has 2 rings (SSSR count). The lowest BCUT2D eigenvalue weighted by Crippen LogP contribution is -2.56. The summed E-state index contributed by atoms with van der Waals surface area (Å²) < 4.78 is 0. The van der Waals surface area contributed by atoms with E-state index in [2.05, 4.69) is 11.5 Å². The minimum Gasteiger partial charge on any atom is -0.391 e. The van der Waals surface area contributed by atoms with Crippen molar-refractivity contribution in [2.45, 2.75) is 69.4 Å². The van der Waals surface area contributed by atoms with Gasteiger partial charge in [-0.2, -0.15) is 0 Å². The van der Waals surface area contributed by atoms with Crippen LogP contribution in [0.2, 0.25) is 0 Å². The van der Waals surface area contributed by atoms with Crippen molar-refractivity contribution in [3.05, 3.63) is 12.7 Å².